The number of benzene rings is 2. The van der Waals surface area contributed by atoms with Crippen molar-refractivity contribution in [1.29, 1.82) is 0 Å². The summed E-state index contributed by atoms with van der Waals surface area (Å²) in [5, 5.41) is 10.5. The molecule has 0 aromatic heterocycles. The van der Waals surface area contributed by atoms with E-state index in [1.54, 1.807) is 18.2 Å². The Hall–Kier alpha value is -3.08. The SMILES string of the molecule is COc1cc(/C=C2\CCc3ccccc3C2=O)ccc1OCC(=O)[O-]. The number of aryl methyl sites for hydroxylation is 1. The second-order valence-electron chi connectivity index (χ2n) is 5.73. The second kappa shape index (κ2) is 7.21. The minimum absolute atomic E-state index is 0.0399. The minimum Gasteiger partial charge on any atom is -0.546 e. The maximum atomic E-state index is 12.6. The molecule has 25 heavy (non-hydrogen) atoms. The highest BCUT2D eigenvalue weighted by Crippen LogP contribution is 2.31. The lowest BCUT2D eigenvalue weighted by atomic mass is 9.86. The molecule has 2 aromatic carbocycles. The Kier molecular flexibility index (Phi) is 4.84. The van der Waals surface area contributed by atoms with Crippen molar-refractivity contribution in [2.75, 3.05) is 13.7 Å². The van der Waals surface area contributed by atoms with E-state index < -0.39 is 12.6 Å². The van der Waals surface area contributed by atoms with Crippen molar-refractivity contribution in [3.63, 3.8) is 0 Å². The normalized spacial score (nSPS) is 14.9. The van der Waals surface area contributed by atoms with Crippen LogP contribution in [-0.4, -0.2) is 25.5 Å². The average molecular weight is 337 g/mol. The van der Waals surface area contributed by atoms with Gasteiger partial charge in [0.2, 0.25) is 0 Å². The first kappa shape index (κ1) is 16.8. The average Bonchev–Trinajstić information content (AvgIpc) is 2.63. The van der Waals surface area contributed by atoms with Crippen molar-refractivity contribution in [3.8, 4) is 11.5 Å². The number of aliphatic carboxylic acids is 1. The van der Waals surface area contributed by atoms with Crippen LogP contribution in [0.3, 0.4) is 0 Å². The molecular weight excluding hydrogens is 320 g/mol. The fraction of sp³-hybridized carbons (Fsp3) is 0.200. The molecule has 0 unspecified atom stereocenters. The third-order valence-corrected chi connectivity index (χ3v) is 4.09. The largest absolute Gasteiger partial charge is 0.546 e. The number of ether oxygens (including phenoxy) is 2. The van der Waals surface area contributed by atoms with Gasteiger partial charge >= 0.3 is 0 Å². The molecule has 0 fully saturated rings. The zero-order chi connectivity index (χ0) is 17.8. The monoisotopic (exact) mass is 337 g/mol. The van der Waals surface area contributed by atoms with E-state index >= 15 is 0 Å². The molecule has 0 radical (unpaired) electrons. The third kappa shape index (κ3) is 3.71. The lowest BCUT2D eigenvalue weighted by Gasteiger charge is -2.17. The zero-order valence-corrected chi connectivity index (χ0v) is 13.8. The molecule has 0 atom stereocenters. The number of Topliss-reactive ketones (excluding diaryl/α,β-unsaturated/α-hetero) is 1. The lowest BCUT2D eigenvalue weighted by Crippen LogP contribution is -2.29. The topological polar surface area (TPSA) is 75.7 Å². The number of hydrogen-bond acceptors (Lipinski definition) is 5. The Morgan fingerprint density at radius 3 is 2.72 bits per heavy atom. The van der Waals surface area contributed by atoms with Gasteiger partial charge in [0.25, 0.3) is 0 Å². The number of hydrogen-bond donors (Lipinski definition) is 0. The van der Waals surface area contributed by atoms with Gasteiger partial charge in [0.05, 0.1) is 13.1 Å². The van der Waals surface area contributed by atoms with Crippen LogP contribution in [0.15, 0.2) is 48.0 Å². The van der Waals surface area contributed by atoms with Crippen LogP contribution in [0.2, 0.25) is 0 Å². The van der Waals surface area contributed by atoms with Gasteiger partial charge in [-0.25, -0.2) is 0 Å². The van der Waals surface area contributed by atoms with E-state index in [2.05, 4.69) is 0 Å². The van der Waals surface area contributed by atoms with Crippen LogP contribution < -0.4 is 14.6 Å². The molecule has 0 saturated carbocycles. The molecule has 5 heteroatoms. The third-order valence-electron chi connectivity index (χ3n) is 4.09. The quantitative estimate of drug-likeness (QED) is 0.781. The first-order chi connectivity index (χ1) is 12.1. The molecule has 0 heterocycles. The summed E-state index contributed by atoms with van der Waals surface area (Å²) in [5.74, 6) is -0.550. The van der Waals surface area contributed by atoms with E-state index in [0.717, 1.165) is 28.7 Å². The Balaban J connectivity index is 1.86. The maximum Gasteiger partial charge on any atom is 0.189 e. The van der Waals surface area contributed by atoms with Crippen LogP contribution in [0.1, 0.15) is 27.9 Å². The van der Waals surface area contributed by atoms with Crippen LogP contribution in [0.4, 0.5) is 0 Å². The summed E-state index contributed by atoms with van der Waals surface area (Å²) in [5.41, 5.74) is 3.36. The van der Waals surface area contributed by atoms with Gasteiger partial charge in [-0.05, 0) is 42.2 Å². The summed E-state index contributed by atoms with van der Waals surface area (Å²) in [7, 11) is 1.47. The number of fused-ring (bicyclic) bond motifs is 1. The van der Waals surface area contributed by atoms with Crippen molar-refractivity contribution < 1.29 is 24.2 Å². The van der Waals surface area contributed by atoms with E-state index in [1.165, 1.54) is 7.11 Å². The molecule has 0 saturated heterocycles. The van der Waals surface area contributed by atoms with E-state index in [9.17, 15) is 14.7 Å². The summed E-state index contributed by atoms with van der Waals surface area (Å²) in [6.07, 6.45) is 3.35. The van der Waals surface area contributed by atoms with Crippen LogP contribution in [0.25, 0.3) is 6.08 Å². The fourth-order valence-corrected chi connectivity index (χ4v) is 2.88. The molecule has 128 valence electrons. The predicted octanol–water partition coefficient (Wildman–Crippen LogP) is 2.04. The van der Waals surface area contributed by atoms with Crippen LogP contribution in [0, 0.1) is 0 Å². The van der Waals surface area contributed by atoms with Crippen molar-refractivity contribution >= 4 is 17.8 Å². The van der Waals surface area contributed by atoms with Gasteiger partial charge in [-0.2, -0.15) is 0 Å². The first-order valence-electron chi connectivity index (χ1n) is 7.92. The summed E-state index contributed by atoms with van der Waals surface area (Å²) in [6.45, 7) is -0.550. The van der Waals surface area contributed by atoms with Crippen LogP contribution >= 0.6 is 0 Å². The summed E-state index contributed by atoms with van der Waals surface area (Å²) < 4.78 is 10.4. The first-order valence-corrected chi connectivity index (χ1v) is 7.92. The van der Waals surface area contributed by atoms with Gasteiger partial charge < -0.3 is 19.4 Å². The molecule has 1 aliphatic rings. The smallest absolute Gasteiger partial charge is 0.189 e. The second-order valence-corrected chi connectivity index (χ2v) is 5.73. The predicted molar refractivity (Wildman–Crippen MR) is 90.6 cm³/mol. The molecule has 0 spiro atoms. The molecule has 0 amide bonds. The Labute approximate surface area is 145 Å². The molecule has 3 rings (SSSR count). The molecule has 0 bridgehead atoms. The Morgan fingerprint density at radius 1 is 1.16 bits per heavy atom. The summed E-state index contributed by atoms with van der Waals surface area (Å²) in [6, 6.07) is 12.7. The van der Waals surface area contributed by atoms with E-state index in [1.807, 2.05) is 30.3 Å². The van der Waals surface area contributed by atoms with Gasteiger partial charge in [-0.15, -0.1) is 0 Å². The maximum absolute atomic E-state index is 12.6. The standard InChI is InChI=1S/C20H18O5/c1-24-18-11-13(6-9-17(18)25-12-19(21)22)10-15-8-7-14-4-2-3-5-16(14)20(15)23/h2-6,9-11H,7-8,12H2,1H3,(H,21,22)/p-1/b15-10+. The molecule has 1 aliphatic carbocycles. The van der Waals surface area contributed by atoms with E-state index in [4.69, 9.17) is 9.47 Å². The van der Waals surface area contributed by atoms with Gasteiger partial charge in [-0.3, -0.25) is 4.79 Å². The highest BCUT2D eigenvalue weighted by atomic mass is 16.5. The van der Waals surface area contributed by atoms with Gasteiger partial charge in [-0.1, -0.05) is 30.3 Å². The number of ketones is 1. The van der Waals surface area contributed by atoms with Crippen molar-refractivity contribution in [3.05, 3.63) is 64.7 Å². The summed E-state index contributed by atoms with van der Waals surface area (Å²) in [4.78, 5) is 23.1. The Bertz CT molecular complexity index is 851. The number of rotatable bonds is 5. The number of carbonyl (C=O) groups excluding carboxylic acids is 2. The molecule has 0 N–H and O–H groups in total. The Morgan fingerprint density at radius 2 is 1.96 bits per heavy atom. The number of carbonyl (C=O) groups is 2. The van der Waals surface area contributed by atoms with Gasteiger partial charge in [0.1, 0.15) is 6.61 Å². The van der Waals surface area contributed by atoms with Crippen molar-refractivity contribution in [2.24, 2.45) is 0 Å². The van der Waals surface area contributed by atoms with Crippen molar-refractivity contribution in [1.82, 2.24) is 0 Å². The molecule has 5 nitrogen and oxygen atoms in total. The highest BCUT2D eigenvalue weighted by molar-refractivity contribution is 6.13. The molecular formula is C20H17O5-. The number of allylic oxidation sites excluding steroid dienone is 1. The highest BCUT2D eigenvalue weighted by Gasteiger charge is 2.21. The van der Waals surface area contributed by atoms with Crippen LogP contribution in [0.5, 0.6) is 11.5 Å². The minimum atomic E-state index is -1.31. The number of methoxy groups -OCH3 is 1. The van der Waals surface area contributed by atoms with Gasteiger partial charge in [0, 0.05) is 11.1 Å². The zero-order valence-electron chi connectivity index (χ0n) is 13.8. The van der Waals surface area contributed by atoms with E-state index in [0.29, 0.717) is 17.9 Å². The number of carboxylic acids is 1. The lowest BCUT2D eigenvalue weighted by molar-refractivity contribution is -0.307. The number of carboxylic acid groups (broad SMARTS) is 1. The van der Waals surface area contributed by atoms with E-state index in [-0.39, 0.29) is 5.78 Å². The van der Waals surface area contributed by atoms with Crippen molar-refractivity contribution in [2.45, 2.75) is 12.8 Å². The summed E-state index contributed by atoms with van der Waals surface area (Å²) >= 11 is 0. The van der Waals surface area contributed by atoms with Crippen LogP contribution in [-0.2, 0) is 11.2 Å². The molecule has 2 aromatic rings. The van der Waals surface area contributed by atoms with Gasteiger partial charge in [0.15, 0.2) is 17.3 Å². The fourth-order valence-electron chi connectivity index (χ4n) is 2.88. The molecule has 0 aliphatic heterocycles.